The second kappa shape index (κ2) is 5.50. The van der Waals surface area contributed by atoms with Crippen LogP contribution in [0.15, 0.2) is 18.2 Å². The van der Waals surface area contributed by atoms with Crippen molar-refractivity contribution < 1.29 is 9.13 Å². The first-order valence-electron chi connectivity index (χ1n) is 6.27. The zero-order valence-electron chi connectivity index (χ0n) is 10.5. The molecule has 0 saturated heterocycles. The molecule has 0 radical (unpaired) electrons. The van der Waals surface area contributed by atoms with Crippen LogP contribution in [0, 0.1) is 5.82 Å². The van der Waals surface area contributed by atoms with E-state index in [-0.39, 0.29) is 5.82 Å². The van der Waals surface area contributed by atoms with E-state index in [1.807, 2.05) is 7.05 Å². The second-order valence-electron chi connectivity index (χ2n) is 4.67. The summed E-state index contributed by atoms with van der Waals surface area (Å²) in [5.41, 5.74) is 1.01. The highest BCUT2D eigenvalue weighted by Crippen LogP contribution is 2.37. The molecule has 1 aliphatic carbocycles. The van der Waals surface area contributed by atoms with Gasteiger partial charge in [0.15, 0.2) is 0 Å². The van der Waals surface area contributed by atoms with Crippen LogP contribution in [0.4, 0.5) is 4.39 Å². The van der Waals surface area contributed by atoms with Gasteiger partial charge < -0.3 is 10.1 Å². The van der Waals surface area contributed by atoms with E-state index in [9.17, 15) is 4.39 Å². The van der Waals surface area contributed by atoms with Crippen LogP contribution in [0.1, 0.15) is 37.2 Å². The fourth-order valence-electron chi connectivity index (χ4n) is 2.84. The molecule has 0 aliphatic heterocycles. The molecule has 0 spiro atoms. The van der Waals surface area contributed by atoms with Crippen LogP contribution < -0.4 is 10.1 Å². The molecule has 1 aliphatic rings. The van der Waals surface area contributed by atoms with Crippen molar-refractivity contribution in [3.05, 3.63) is 29.6 Å². The molecular weight excluding hydrogens is 217 g/mol. The number of methoxy groups -OCH3 is 1. The van der Waals surface area contributed by atoms with Crippen LogP contribution in [0.25, 0.3) is 0 Å². The van der Waals surface area contributed by atoms with Crippen molar-refractivity contribution in [1.82, 2.24) is 5.32 Å². The normalized spacial score (nSPS) is 24.6. The average Bonchev–Trinajstić information content (AvgIpc) is 2.38. The van der Waals surface area contributed by atoms with Crippen LogP contribution in [0.2, 0.25) is 0 Å². The molecule has 1 aromatic carbocycles. The molecule has 0 bridgehead atoms. The third-order valence-corrected chi connectivity index (χ3v) is 3.73. The lowest BCUT2D eigenvalue weighted by atomic mass is 9.79. The zero-order chi connectivity index (χ0) is 12.3. The number of hydrogen-bond acceptors (Lipinski definition) is 2. The molecule has 2 atom stereocenters. The Hall–Kier alpha value is -1.09. The molecule has 17 heavy (non-hydrogen) atoms. The summed E-state index contributed by atoms with van der Waals surface area (Å²) in [7, 11) is 3.63. The number of nitrogens with one attached hydrogen (secondary N) is 1. The Labute approximate surface area is 102 Å². The molecule has 2 unspecified atom stereocenters. The topological polar surface area (TPSA) is 21.3 Å². The molecule has 0 heterocycles. The Morgan fingerprint density at radius 3 is 2.76 bits per heavy atom. The summed E-state index contributed by atoms with van der Waals surface area (Å²) in [4.78, 5) is 0. The van der Waals surface area contributed by atoms with E-state index in [0.29, 0.717) is 12.0 Å². The highest BCUT2D eigenvalue weighted by Gasteiger charge is 2.27. The Kier molecular flexibility index (Phi) is 4.00. The van der Waals surface area contributed by atoms with Crippen LogP contribution in [-0.2, 0) is 0 Å². The number of ether oxygens (including phenoxy) is 1. The van der Waals surface area contributed by atoms with Gasteiger partial charge in [0.1, 0.15) is 11.6 Å². The Bertz CT molecular complexity index is 380. The lowest BCUT2D eigenvalue weighted by Gasteiger charge is -2.32. The van der Waals surface area contributed by atoms with Gasteiger partial charge in [0, 0.05) is 17.5 Å². The van der Waals surface area contributed by atoms with E-state index in [1.165, 1.54) is 18.9 Å². The van der Waals surface area contributed by atoms with Crippen molar-refractivity contribution in [2.75, 3.05) is 14.2 Å². The highest BCUT2D eigenvalue weighted by molar-refractivity contribution is 5.38. The summed E-state index contributed by atoms with van der Waals surface area (Å²) in [6.45, 7) is 0. The van der Waals surface area contributed by atoms with E-state index in [4.69, 9.17) is 4.74 Å². The minimum absolute atomic E-state index is 0.179. The Balaban J connectivity index is 2.33. The number of likely N-dealkylation sites (N-methyl/N-ethyl adjacent to an activating group) is 1. The van der Waals surface area contributed by atoms with Gasteiger partial charge >= 0.3 is 0 Å². The molecule has 1 saturated carbocycles. The van der Waals surface area contributed by atoms with Gasteiger partial charge in [0.25, 0.3) is 0 Å². The number of hydrogen-bond donors (Lipinski definition) is 1. The first-order chi connectivity index (χ1) is 8.26. The number of halogens is 1. The van der Waals surface area contributed by atoms with E-state index in [1.54, 1.807) is 19.2 Å². The van der Waals surface area contributed by atoms with Gasteiger partial charge in [-0.2, -0.15) is 0 Å². The zero-order valence-corrected chi connectivity index (χ0v) is 10.5. The molecule has 1 aromatic rings. The van der Waals surface area contributed by atoms with Gasteiger partial charge in [-0.15, -0.1) is 0 Å². The minimum atomic E-state index is -0.179. The van der Waals surface area contributed by atoms with Crippen LogP contribution >= 0.6 is 0 Å². The fourth-order valence-corrected chi connectivity index (χ4v) is 2.84. The summed E-state index contributed by atoms with van der Waals surface area (Å²) < 4.78 is 18.7. The maximum absolute atomic E-state index is 13.4. The van der Waals surface area contributed by atoms with Gasteiger partial charge in [-0.3, -0.25) is 0 Å². The van der Waals surface area contributed by atoms with E-state index in [2.05, 4.69) is 5.32 Å². The third kappa shape index (κ3) is 2.60. The van der Waals surface area contributed by atoms with Gasteiger partial charge in [-0.25, -0.2) is 4.39 Å². The van der Waals surface area contributed by atoms with Crippen molar-refractivity contribution in [1.29, 1.82) is 0 Å². The molecule has 2 rings (SSSR count). The SMILES string of the molecule is CNC1CCCCC1c1cc(F)ccc1OC. The third-order valence-electron chi connectivity index (χ3n) is 3.73. The van der Waals surface area contributed by atoms with Gasteiger partial charge in [-0.1, -0.05) is 12.8 Å². The molecule has 3 heteroatoms. The number of benzene rings is 1. The molecule has 94 valence electrons. The smallest absolute Gasteiger partial charge is 0.123 e. The van der Waals surface area contributed by atoms with Crippen molar-refractivity contribution in [3.8, 4) is 5.75 Å². The average molecular weight is 237 g/mol. The summed E-state index contributed by atoms with van der Waals surface area (Å²) in [5, 5.41) is 3.35. The van der Waals surface area contributed by atoms with Crippen molar-refractivity contribution in [3.63, 3.8) is 0 Å². The molecule has 1 N–H and O–H groups in total. The predicted molar refractivity (Wildman–Crippen MR) is 67.0 cm³/mol. The highest BCUT2D eigenvalue weighted by atomic mass is 19.1. The van der Waals surface area contributed by atoms with E-state index >= 15 is 0 Å². The van der Waals surface area contributed by atoms with Gasteiger partial charge in [0.2, 0.25) is 0 Å². The molecule has 0 aromatic heterocycles. The summed E-state index contributed by atoms with van der Waals surface area (Å²) in [6, 6.07) is 5.24. The summed E-state index contributed by atoms with van der Waals surface area (Å²) in [5.74, 6) is 0.985. The molecule has 2 nitrogen and oxygen atoms in total. The number of rotatable bonds is 3. The van der Waals surface area contributed by atoms with Crippen LogP contribution in [-0.4, -0.2) is 20.2 Å². The van der Waals surface area contributed by atoms with E-state index in [0.717, 1.165) is 24.2 Å². The van der Waals surface area contributed by atoms with Crippen LogP contribution in [0.3, 0.4) is 0 Å². The fraction of sp³-hybridized carbons (Fsp3) is 0.571. The van der Waals surface area contributed by atoms with Crippen molar-refractivity contribution >= 4 is 0 Å². The largest absolute Gasteiger partial charge is 0.496 e. The van der Waals surface area contributed by atoms with Crippen molar-refractivity contribution in [2.45, 2.75) is 37.6 Å². The maximum atomic E-state index is 13.4. The van der Waals surface area contributed by atoms with Gasteiger partial charge in [-0.05, 0) is 38.1 Å². The Morgan fingerprint density at radius 2 is 2.06 bits per heavy atom. The first kappa shape index (κ1) is 12.4. The summed E-state index contributed by atoms with van der Waals surface area (Å²) >= 11 is 0. The van der Waals surface area contributed by atoms with Crippen LogP contribution in [0.5, 0.6) is 5.75 Å². The molecular formula is C14H20FNO. The van der Waals surface area contributed by atoms with Gasteiger partial charge in [0.05, 0.1) is 7.11 Å². The standard InChI is InChI=1S/C14H20FNO/c1-16-13-6-4-3-5-11(13)12-9-10(15)7-8-14(12)17-2/h7-9,11,13,16H,3-6H2,1-2H3. The predicted octanol–water partition coefficient (Wildman–Crippen LogP) is 3.08. The quantitative estimate of drug-likeness (QED) is 0.872. The Morgan fingerprint density at radius 1 is 1.29 bits per heavy atom. The second-order valence-corrected chi connectivity index (χ2v) is 4.67. The van der Waals surface area contributed by atoms with E-state index < -0.39 is 0 Å². The summed E-state index contributed by atoms with van der Waals surface area (Å²) in [6.07, 6.45) is 4.72. The lowest BCUT2D eigenvalue weighted by molar-refractivity contribution is 0.329. The van der Waals surface area contributed by atoms with Crippen molar-refractivity contribution in [2.24, 2.45) is 0 Å². The first-order valence-corrected chi connectivity index (χ1v) is 6.27. The lowest BCUT2D eigenvalue weighted by Crippen LogP contribution is -2.34. The molecule has 0 amide bonds. The molecule has 1 fully saturated rings. The monoisotopic (exact) mass is 237 g/mol. The minimum Gasteiger partial charge on any atom is -0.496 e. The maximum Gasteiger partial charge on any atom is 0.123 e.